The van der Waals surface area contributed by atoms with Crippen molar-refractivity contribution in [2.24, 2.45) is 5.10 Å². The summed E-state index contributed by atoms with van der Waals surface area (Å²) < 4.78 is 0. The molecule has 2 aromatic rings. The first-order valence-electron chi connectivity index (χ1n) is 8.04. The molecule has 132 valence electrons. The smallest absolute Gasteiger partial charge is 0.271 e. The molecule has 1 amide bonds. The summed E-state index contributed by atoms with van der Waals surface area (Å²) in [6, 6.07) is 15.1. The molecule has 6 nitrogen and oxygen atoms in total. The van der Waals surface area contributed by atoms with E-state index in [9.17, 15) is 4.79 Å². The number of carbonyl (C=O) groups is 1. The molecule has 0 saturated heterocycles. The molecule has 25 heavy (non-hydrogen) atoms. The van der Waals surface area contributed by atoms with Gasteiger partial charge in [0, 0.05) is 44.6 Å². The van der Waals surface area contributed by atoms with E-state index in [2.05, 4.69) is 10.5 Å². The molecule has 2 aromatic carbocycles. The molecule has 0 spiro atoms. The summed E-state index contributed by atoms with van der Waals surface area (Å²) in [7, 11) is 5.77. The first kappa shape index (κ1) is 18.5. The van der Waals surface area contributed by atoms with Gasteiger partial charge in [-0.15, -0.1) is 0 Å². The zero-order valence-corrected chi connectivity index (χ0v) is 14.8. The zero-order chi connectivity index (χ0) is 18.2. The number of hydrazone groups is 1. The van der Waals surface area contributed by atoms with Crippen LogP contribution >= 0.6 is 0 Å². The Balaban J connectivity index is 1.96. The Kier molecular flexibility index (Phi) is 6.54. The van der Waals surface area contributed by atoms with E-state index in [-0.39, 0.29) is 12.5 Å². The first-order chi connectivity index (χ1) is 12.0. The average Bonchev–Trinajstić information content (AvgIpc) is 2.62. The number of aliphatic hydroxyl groups is 1. The summed E-state index contributed by atoms with van der Waals surface area (Å²) in [4.78, 5) is 16.0. The summed E-state index contributed by atoms with van der Waals surface area (Å²) in [6.45, 7) is 0.691. The van der Waals surface area contributed by atoms with Gasteiger partial charge in [-0.25, -0.2) is 5.43 Å². The zero-order valence-electron chi connectivity index (χ0n) is 14.8. The fourth-order valence-electron chi connectivity index (χ4n) is 2.25. The van der Waals surface area contributed by atoms with Gasteiger partial charge in [0.2, 0.25) is 0 Å². The summed E-state index contributed by atoms with van der Waals surface area (Å²) in [6.07, 6.45) is 1.60. The normalized spacial score (nSPS) is 10.7. The molecule has 0 radical (unpaired) electrons. The van der Waals surface area contributed by atoms with Crippen LogP contribution < -0.4 is 15.2 Å². The second kappa shape index (κ2) is 8.84. The maximum atomic E-state index is 12.2. The minimum Gasteiger partial charge on any atom is -0.395 e. The van der Waals surface area contributed by atoms with Crippen molar-refractivity contribution < 1.29 is 9.90 Å². The largest absolute Gasteiger partial charge is 0.395 e. The molecule has 0 aliphatic heterocycles. The first-order valence-corrected chi connectivity index (χ1v) is 8.04. The summed E-state index contributed by atoms with van der Waals surface area (Å²) in [5.41, 5.74) is 5.95. The lowest BCUT2D eigenvalue weighted by molar-refractivity contribution is 0.0955. The van der Waals surface area contributed by atoms with Gasteiger partial charge in [0.15, 0.2) is 0 Å². The topological polar surface area (TPSA) is 68.2 Å². The minimum atomic E-state index is -0.251. The minimum absolute atomic E-state index is 0.112. The Bertz CT molecular complexity index is 726. The fourth-order valence-corrected chi connectivity index (χ4v) is 2.25. The number of rotatable bonds is 7. The van der Waals surface area contributed by atoms with Crippen LogP contribution in [-0.4, -0.2) is 51.5 Å². The molecular formula is C19H24N4O2. The van der Waals surface area contributed by atoms with E-state index in [1.165, 1.54) is 0 Å². The van der Waals surface area contributed by atoms with Gasteiger partial charge >= 0.3 is 0 Å². The molecule has 0 fully saturated rings. The quantitative estimate of drug-likeness (QED) is 0.597. The molecule has 2 rings (SSSR count). The van der Waals surface area contributed by atoms with Gasteiger partial charge in [-0.05, 0) is 35.9 Å². The summed E-state index contributed by atoms with van der Waals surface area (Å²) >= 11 is 0. The van der Waals surface area contributed by atoms with Crippen LogP contribution in [0.1, 0.15) is 15.9 Å². The highest BCUT2D eigenvalue weighted by Crippen LogP contribution is 2.14. The van der Waals surface area contributed by atoms with Crippen molar-refractivity contribution in [3.05, 3.63) is 59.7 Å². The van der Waals surface area contributed by atoms with E-state index >= 15 is 0 Å². The molecule has 0 aliphatic rings. The van der Waals surface area contributed by atoms with Gasteiger partial charge in [0.05, 0.1) is 12.8 Å². The van der Waals surface area contributed by atoms with Crippen LogP contribution in [0.5, 0.6) is 0 Å². The third-order valence-electron chi connectivity index (χ3n) is 3.77. The molecule has 0 aromatic heterocycles. The fraction of sp³-hybridized carbons (Fsp3) is 0.263. The molecular weight excluding hydrogens is 316 g/mol. The van der Waals surface area contributed by atoms with Crippen LogP contribution in [0, 0.1) is 0 Å². The van der Waals surface area contributed by atoms with Crippen LogP contribution in [-0.2, 0) is 0 Å². The molecule has 0 unspecified atom stereocenters. The molecule has 0 atom stereocenters. The third kappa shape index (κ3) is 5.32. The predicted molar refractivity (Wildman–Crippen MR) is 103 cm³/mol. The third-order valence-corrected chi connectivity index (χ3v) is 3.77. The molecule has 2 N–H and O–H groups in total. The number of carbonyl (C=O) groups excluding carboxylic acids is 1. The highest BCUT2D eigenvalue weighted by Gasteiger charge is 2.05. The number of anilines is 2. The molecule has 0 aliphatic carbocycles. The Morgan fingerprint density at radius 2 is 1.84 bits per heavy atom. The number of hydrogen-bond acceptors (Lipinski definition) is 5. The second-order valence-electron chi connectivity index (χ2n) is 5.88. The van der Waals surface area contributed by atoms with E-state index in [0.29, 0.717) is 12.1 Å². The van der Waals surface area contributed by atoms with E-state index in [4.69, 9.17) is 5.11 Å². The van der Waals surface area contributed by atoms with Gasteiger partial charge in [0.1, 0.15) is 0 Å². The average molecular weight is 340 g/mol. The van der Waals surface area contributed by atoms with Crippen molar-refractivity contribution >= 4 is 23.5 Å². The monoisotopic (exact) mass is 340 g/mol. The SMILES string of the molecule is CN(C)c1cccc(C(=O)N/N=C\c2ccc(N(C)CCO)cc2)c1. The van der Waals surface area contributed by atoms with E-state index in [0.717, 1.165) is 16.9 Å². The molecule has 0 bridgehead atoms. The van der Waals surface area contributed by atoms with Gasteiger partial charge in [-0.3, -0.25) is 4.79 Å². The number of nitrogens with zero attached hydrogens (tertiary/aromatic N) is 3. The Morgan fingerprint density at radius 1 is 1.12 bits per heavy atom. The predicted octanol–water partition coefficient (Wildman–Crippen LogP) is 1.94. The van der Waals surface area contributed by atoms with Crippen LogP contribution in [0.2, 0.25) is 0 Å². The second-order valence-corrected chi connectivity index (χ2v) is 5.88. The highest BCUT2D eigenvalue weighted by molar-refractivity contribution is 5.95. The highest BCUT2D eigenvalue weighted by atomic mass is 16.3. The van der Waals surface area contributed by atoms with Gasteiger partial charge < -0.3 is 14.9 Å². The van der Waals surface area contributed by atoms with E-state index in [1.807, 2.05) is 73.4 Å². The standard InChI is InChI=1S/C19H24N4O2/c1-22(2)18-6-4-5-16(13-18)19(25)21-20-14-15-7-9-17(10-8-15)23(3)11-12-24/h4-10,13-14,24H,11-12H2,1-3H3,(H,21,25)/b20-14-. The van der Waals surface area contributed by atoms with Crippen LogP contribution in [0.15, 0.2) is 53.6 Å². The van der Waals surface area contributed by atoms with Crippen molar-refractivity contribution in [2.75, 3.05) is 44.1 Å². The molecule has 6 heteroatoms. The van der Waals surface area contributed by atoms with Crippen molar-refractivity contribution in [1.29, 1.82) is 0 Å². The summed E-state index contributed by atoms with van der Waals surface area (Å²) in [5.74, 6) is -0.251. The molecule has 0 saturated carbocycles. The maximum absolute atomic E-state index is 12.2. The lowest BCUT2D eigenvalue weighted by Crippen LogP contribution is -2.21. The van der Waals surface area contributed by atoms with Gasteiger partial charge in [-0.1, -0.05) is 18.2 Å². The Morgan fingerprint density at radius 3 is 2.48 bits per heavy atom. The number of aliphatic hydroxyl groups excluding tert-OH is 1. The van der Waals surface area contributed by atoms with Crippen molar-refractivity contribution in [2.45, 2.75) is 0 Å². The number of benzene rings is 2. The lowest BCUT2D eigenvalue weighted by Gasteiger charge is -2.17. The Hall–Kier alpha value is -2.86. The van der Waals surface area contributed by atoms with Crippen LogP contribution in [0.4, 0.5) is 11.4 Å². The van der Waals surface area contributed by atoms with Crippen molar-refractivity contribution in [3.8, 4) is 0 Å². The summed E-state index contributed by atoms with van der Waals surface area (Å²) in [5, 5.41) is 13.0. The van der Waals surface area contributed by atoms with Crippen LogP contribution in [0.25, 0.3) is 0 Å². The lowest BCUT2D eigenvalue weighted by atomic mass is 10.2. The van der Waals surface area contributed by atoms with Crippen LogP contribution in [0.3, 0.4) is 0 Å². The Labute approximate surface area is 148 Å². The number of likely N-dealkylation sites (N-methyl/N-ethyl adjacent to an activating group) is 1. The maximum Gasteiger partial charge on any atom is 0.271 e. The molecule has 0 heterocycles. The van der Waals surface area contributed by atoms with E-state index < -0.39 is 0 Å². The van der Waals surface area contributed by atoms with Crippen molar-refractivity contribution in [3.63, 3.8) is 0 Å². The number of hydrogen-bond donors (Lipinski definition) is 2. The number of nitrogens with one attached hydrogen (secondary N) is 1. The van der Waals surface area contributed by atoms with Gasteiger partial charge in [0.25, 0.3) is 5.91 Å². The van der Waals surface area contributed by atoms with Crippen molar-refractivity contribution in [1.82, 2.24) is 5.43 Å². The van der Waals surface area contributed by atoms with E-state index in [1.54, 1.807) is 12.3 Å². The van der Waals surface area contributed by atoms with Gasteiger partial charge in [-0.2, -0.15) is 5.10 Å². The number of amides is 1.